The Bertz CT molecular complexity index is 511. The second-order valence-electron chi connectivity index (χ2n) is 3.94. The van der Waals surface area contributed by atoms with Crippen LogP contribution in [0.25, 0.3) is 5.69 Å². The molecule has 1 aromatic carbocycles. The highest BCUT2D eigenvalue weighted by molar-refractivity contribution is 5.51. The van der Waals surface area contributed by atoms with Crippen molar-refractivity contribution in [2.75, 3.05) is 32.2 Å². The molecule has 1 N–H and O–H groups in total. The molecule has 0 aliphatic carbocycles. The molecule has 1 heterocycles. The molecule has 5 heteroatoms. The highest BCUT2D eigenvalue weighted by Crippen LogP contribution is 2.25. The third kappa shape index (κ3) is 3.26. The van der Waals surface area contributed by atoms with Gasteiger partial charge in [0.15, 0.2) is 0 Å². The number of hydrogen-bond donors (Lipinski definition) is 1. The van der Waals surface area contributed by atoms with Crippen LogP contribution < -0.4 is 10.1 Å². The maximum Gasteiger partial charge on any atom is 0.207 e. The number of aromatic nitrogens is 2. The molecule has 0 radical (unpaired) electrons. The molecule has 0 atom stereocenters. The Hall–Kier alpha value is -2.01. The molecule has 0 aliphatic rings. The van der Waals surface area contributed by atoms with Crippen LogP contribution in [0.3, 0.4) is 0 Å². The van der Waals surface area contributed by atoms with Gasteiger partial charge in [-0.05, 0) is 19.1 Å². The lowest BCUT2D eigenvalue weighted by Gasteiger charge is -2.13. The summed E-state index contributed by atoms with van der Waals surface area (Å²) in [5, 5.41) is 3.23. The molecule has 0 saturated carbocycles. The second kappa shape index (κ2) is 6.80. The Morgan fingerprint density at radius 3 is 2.95 bits per heavy atom. The van der Waals surface area contributed by atoms with Gasteiger partial charge < -0.3 is 14.8 Å². The lowest BCUT2D eigenvalue weighted by atomic mass is 10.3. The van der Waals surface area contributed by atoms with E-state index in [1.807, 2.05) is 42.0 Å². The molecular formula is C14H19N3O2. The first kappa shape index (κ1) is 13.4. The highest BCUT2D eigenvalue weighted by atomic mass is 16.5. The average Bonchev–Trinajstić information content (AvgIpc) is 2.88. The van der Waals surface area contributed by atoms with E-state index in [0.717, 1.165) is 17.4 Å². The van der Waals surface area contributed by atoms with E-state index in [-0.39, 0.29) is 0 Å². The molecule has 19 heavy (non-hydrogen) atoms. The van der Waals surface area contributed by atoms with Gasteiger partial charge in [-0.2, -0.15) is 0 Å². The van der Waals surface area contributed by atoms with Gasteiger partial charge in [0.1, 0.15) is 5.75 Å². The zero-order valence-electron chi connectivity index (χ0n) is 11.3. The van der Waals surface area contributed by atoms with Crippen molar-refractivity contribution in [3.05, 3.63) is 36.7 Å². The maximum atomic E-state index is 5.64. The van der Waals surface area contributed by atoms with Gasteiger partial charge in [0.25, 0.3) is 0 Å². The molecular weight excluding hydrogens is 242 g/mol. The summed E-state index contributed by atoms with van der Waals surface area (Å²) in [6.45, 7) is 3.96. The quantitative estimate of drug-likeness (QED) is 0.777. The van der Waals surface area contributed by atoms with Crippen LogP contribution in [0, 0.1) is 0 Å². The molecule has 0 fully saturated rings. The first-order valence-corrected chi connectivity index (χ1v) is 6.35. The fourth-order valence-electron chi connectivity index (χ4n) is 1.83. The van der Waals surface area contributed by atoms with E-state index < -0.39 is 0 Å². The van der Waals surface area contributed by atoms with Crippen molar-refractivity contribution in [3.63, 3.8) is 0 Å². The smallest absolute Gasteiger partial charge is 0.207 e. The van der Waals surface area contributed by atoms with Crippen LogP contribution in [-0.4, -0.2) is 36.4 Å². The number of imidazole rings is 1. The van der Waals surface area contributed by atoms with Crippen molar-refractivity contribution in [3.8, 4) is 11.4 Å². The van der Waals surface area contributed by atoms with Crippen LogP contribution in [0.1, 0.15) is 6.92 Å². The molecule has 0 saturated heterocycles. The summed E-state index contributed by atoms with van der Waals surface area (Å²) < 4.78 is 12.6. The Morgan fingerprint density at radius 1 is 1.32 bits per heavy atom. The topological polar surface area (TPSA) is 48.3 Å². The minimum Gasteiger partial charge on any atom is -0.492 e. The van der Waals surface area contributed by atoms with Gasteiger partial charge in [0.2, 0.25) is 5.95 Å². The molecule has 2 rings (SSSR count). The van der Waals surface area contributed by atoms with E-state index in [1.165, 1.54) is 0 Å². The van der Waals surface area contributed by atoms with Gasteiger partial charge in [0.05, 0.1) is 18.9 Å². The first-order valence-electron chi connectivity index (χ1n) is 6.35. The number of rotatable bonds is 7. The third-order valence-corrected chi connectivity index (χ3v) is 2.65. The summed E-state index contributed by atoms with van der Waals surface area (Å²) in [5.74, 6) is 1.63. The Morgan fingerprint density at radius 2 is 2.16 bits per heavy atom. The molecule has 0 bridgehead atoms. The number of nitrogens with zero attached hydrogens (tertiary/aromatic N) is 2. The Kier molecular flexibility index (Phi) is 4.80. The molecule has 1 aromatic heterocycles. The van der Waals surface area contributed by atoms with Gasteiger partial charge in [-0.25, -0.2) is 4.98 Å². The van der Waals surface area contributed by atoms with Gasteiger partial charge in [-0.15, -0.1) is 0 Å². The van der Waals surface area contributed by atoms with Crippen molar-refractivity contribution in [2.45, 2.75) is 6.92 Å². The summed E-state index contributed by atoms with van der Waals surface area (Å²) in [7, 11) is 1.68. The first-order chi connectivity index (χ1) is 9.36. The molecule has 0 aliphatic heterocycles. The minimum absolute atomic E-state index is 0.637. The Balaban J connectivity index is 2.24. The fourth-order valence-corrected chi connectivity index (χ4v) is 1.83. The van der Waals surface area contributed by atoms with Crippen molar-refractivity contribution < 1.29 is 9.47 Å². The second-order valence-corrected chi connectivity index (χ2v) is 3.94. The van der Waals surface area contributed by atoms with Crippen LogP contribution in [0.15, 0.2) is 36.7 Å². The van der Waals surface area contributed by atoms with E-state index in [4.69, 9.17) is 9.47 Å². The zero-order chi connectivity index (χ0) is 13.5. The predicted molar refractivity (Wildman–Crippen MR) is 75.1 cm³/mol. The van der Waals surface area contributed by atoms with Crippen LogP contribution in [0.5, 0.6) is 5.75 Å². The van der Waals surface area contributed by atoms with Crippen LogP contribution in [0.4, 0.5) is 5.95 Å². The summed E-state index contributed by atoms with van der Waals surface area (Å²) >= 11 is 0. The van der Waals surface area contributed by atoms with Crippen molar-refractivity contribution in [1.82, 2.24) is 9.55 Å². The van der Waals surface area contributed by atoms with E-state index in [0.29, 0.717) is 19.8 Å². The predicted octanol–water partition coefficient (Wildman–Crippen LogP) is 2.33. The molecule has 5 nitrogen and oxygen atoms in total. The molecule has 2 aromatic rings. The average molecular weight is 261 g/mol. The molecule has 0 unspecified atom stereocenters. The summed E-state index contributed by atoms with van der Waals surface area (Å²) in [6.07, 6.45) is 3.67. The van der Waals surface area contributed by atoms with Crippen molar-refractivity contribution in [1.29, 1.82) is 0 Å². The summed E-state index contributed by atoms with van der Waals surface area (Å²) in [4.78, 5) is 4.31. The van der Waals surface area contributed by atoms with Crippen LogP contribution in [-0.2, 0) is 4.74 Å². The highest BCUT2D eigenvalue weighted by Gasteiger charge is 2.09. The van der Waals surface area contributed by atoms with E-state index in [2.05, 4.69) is 10.3 Å². The van der Waals surface area contributed by atoms with E-state index in [1.54, 1.807) is 13.3 Å². The summed E-state index contributed by atoms with van der Waals surface area (Å²) in [6, 6.07) is 7.91. The monoisotopic (exact) mass is 261 g/mol. The number of hydrogen-bond acceptors (Lipinski definition) is 4. The molecule has 0 spiro atoms. The zero-order valence-corrected chi connectivity index (χ0v) is 11.3. The Labute approximate surface area is 113 Å². The van der Waals surface area contributed by atoms with Gasteiger partial charge in [-0.1, -0.05) is 12.1 Å². The van der Waals surface area contributed by atoms with Gasteiger partial charge in [-0.3, -0.25) is 4.57 Å². The van der Waals surface area contributed by atoms with Crippen molar-refractivity contribution >= 4 is 5.95 Å². The lowest BCUT2D eigenvalue weighted by molar-refractivity contribution is 0.210. The number of benzene rings is 1. The van der Waals surface area contributed by atoms with Crippen molar-refractivity contribution in [2.24, 2.45) is 0 Å². The molecule has 102 valence electrons. The van der Waals surface area contributed by atoms with Crippen LogP contribution >= 0.6 is 0 Å². The minimum atomic E-state index is 0.637. The fraction of sp³-hybridized carbons (Fsp3) is 0.357. The van der Waals surface area contributed by atoms with Gasteiger partial charge in [0, 0.05) is 26.0 Å². The number of nitrogens with one attached hydrogen (secondary N) is 1. The van der Waals surface area contributed by atoms with Crippen LogP contribution in [0.2, 0.25) is 0 Å². The third-order valence-electron chi connectivity index (χ3n) is 2.65. The largest absolute Gasteiger partial charge is 0.492 e. The number of ether oxygens (including phenoxy) is 2. The SMILES string of the molecule is CCOc1ccccc1-n1ccnc1NCCOC. The van der Waals surface area contributed by atoms with E-state index >= 15 is 0 Å². The number of para-hydroxylation sites is 2. The number of methoxy groups -OCH3 is 1. The van der Waals surface area contributed by atoms with Gasteiger partial charge >= 0.3 is 0 Å². The number of anilines is 1. The normalized spacial score (nSPS) is 10.4. The maximum absolute atomic E-state index is 5.64. The molecule has 0 amide bonds. The lowest BCUT2D eigenvalue weighted by Crippen LogP contribution is -2.12. The summed E-state index contributed by atoms with van der Waals surface area (Å²) in [5.41, 5.74) is 0.974. The van der Waals surface area contributed by atoms with E-state index in [9.17, 15) is 0 Å². The standard InChI is InChI=1S/C14H19N3O2/c1-3-19-13-7-5-4-6-12(13)17-10-8-15-14(17)16-9-11-18-2/h4-8,10H,3,9,11H2,1-2H3,(H,15,16).